The lowest BCUT2D eigenvalue weighted by Gasteiger charge is -1.98. The van der Waals surface area contributed by atoms with Gasteiger partial charge in [0.2, 0.25) is 5.95 Å². The molecule has 0 aromatic heterocycles. The number of imidazole rings is 1. The zero-order chi connectivity index (χ0) is 10.8. The van der Waals surface area contributed by atoms with Crippen molar-refractivity contribution in [2.75, 3.05) is 12.4 Å². The Hall–Kier alpha value is -1.90. The molecule has 0 aromatic carbocycles. The van der Waals surface area contributed by atoms with Crippen LogP contribution in [0.5, 0.6) is 0 Å². The summed E-state index contributed by atoms with van der Waals surface area (Å²) in [5, 5.41) is 2.94. The maximum Gasteiger partial charge on any atom is 0.223 e. The summed E-state index contributed by atoms with van der Waals surface area (Å²) in [4.78, 5) is 8.76. The van der Waals surface area contributed by atoms with E-state index in [2.05, 4.69) is 21.9 Å². The lowest BCUT2D eigenvalue weighted by atomic mass is 10.1. The van der Waals surface area contributed by atoms with Crippen molar-refractivity contribution in [3.63, 3.8) is 0 Å². The van der Waals surface area contributed by atoms with Gasteiger partial charge in [-0.05, 0) is 18.6 Å². The van der Waals surface area contributed by atoms with Crippen molar-refractivity contribution in [1.82, 2.24) is 9.97 Å². The fraction of sp³-hybridized carbons (Fsp3) is 0.167. The highest BCUT2D eigenvalue weighted by Crippen LogP contribution is 2.27. The van der Waals surface area contributed by atoms with Gasteiger partial charge in [-0.3, -0.25) is 0 Å². The Morgan fingerprint density at radius 1 is 1.27 bits per heavy atom. The molecule has 0 saturated heterocycles. The second-order valence-corrected chi connectivity index (χ2v) is 3.44. The predicted octanol–water partition coefficient (Wildman–Crippen LogP) is 2.66. The Labute approximate surface area is 89.2 Å². The fourth-order valence-electron chi connectivity index (χ4n) is 1.50. The number of fused-ring (bicyclic) bond motifs is 1. The standard InChI is InChI=1S/C12H13N3/c1-8(2)9-6-4-5-7-10-11(9)15-12(13-3)14-10/h4-7H,1H2,2-3H3,(H,13,14,15). The van der Waals surface area contributed by atoms with Crippen LogP contribution in [0, 0.1) is 0 Å². The van der Waals surface area contributed by atoms with Gasteiger partial charge in [-0.25, -0.2) is 9.97 Å². The maximum atomic E-state index is 4.41. The van der Waals surface area contributed by atoms with E-state index >= 15 is 0 Å². The van der Waals surface area contributed by atoms with Crippen molar-refractivity contribution in [1.29, 1.82) is 0 Å². The molecule has 1 N–H and O–H groups in total. The van der Waals surface area contributed by atoms with Gasteiger partial charge in [-0.1, -0.05) is 24.8 Å². The third kappa shape index (κ3) is 1.68. The van der Waals surface area contributed by atoms with Gasteiger partial charge in [-0.15, -0.1) is 0 Å². The smallest absolute Gasteiger partial charge is 0.223 e. The number of nitrogens with zero attached hydrogens (tertiary/aromatic N) is 2. The van der Waals surface area contributed by atoms with Gasteiger partial charge in [0, 0.05) is 12.6 Å². The summed E-state index contributed by atoms with van der Waals surface area (Å²) >= 11 is 0. The third-order valence-electron chi connectivity index (χ3n) is 2.25. The Kier molecular flexibility index (Phi) is 2.37. The van der Waals surface area contributed by atoms with Crippen molar-refractivity contribution in [3.8, 4) is 11.4 Å². The Balaban J connectivity index is 2.70. The summed E-state index contributed by atoms with van der Waals surface area (Å²) in [6.45, 7) is 5.92. The summed E-state index contributed by atoms with van der Waals surface area (Å²) in [5.41, 5.74) is 3.84. The van der Waals surface area contributed by atoms with Crippen LogP contribution in [0.3, 0.4) is 0 Å². The van der Waals surface area contributed by atoms with Crippen molar-refractivity contribution < 1.29 is 0 Å². The van der Waals surface area contributed by atoms with E-state index in [1.54, 1.807) is 0 Å². The third-order valence-corrected chi connectivity index (χ3v) is 2.25. The molecule has 0 radical (unpaired) electrons. The van der Waals surface area contributed by atoms with Crippen LogP contribution >= 0.6 is 0 Å². The molecular weight excluding hydrogens is 186 g/mol. The molecule has 0 spiro atoms. The van der Waals surface area contributed by atoms with Crippen molar-refractivity contribution in [3.05, 3.63) is 36.4 Å². The van der Waals surface area contributed by atoms with Crippen LogP contribution in [0.15, 0.2) is 30.8 Å². The molecule has 3 heteroatoms. The molecule has 0 fully saturated rings. The van der Waals surface area contributed by atoms with Crippen molar-refractivity contribution in [2.45, 2.75) is 6.92 Å². The predicted molar refractivity (Wildman–Crippen MR) is 62.9 cm³/mol. The van der Waals surface area contributed by atoms with Gasteiger partial charge in [0.15, 0.2) is 0 Å². The van der Waals surface area contributed by atoms with E-state index in [1.165, 1.54) is 0 Å². The molecule has 2 aliphatic rings. The van der Waals surface area contributed by atoms with E-state index in [4.69, 9.17) is 0 Å². The van der Waals surface area contributed by atoms with Crippen LogP contribution in [0.1, 0.15) is 12.5 Å². The normalized spacial score (nSPS) is 10.3. The first-order valence-electron chi connectivity index (χ1n) is 4.83. The summed E-state index contributed by atoms with van der Waals surface area (Å²) in [5.74, 6) is 0.652. The molecule has 2 rings (SSSR count). The quantitative estimate of drug-likeness (QED) is 0.808. The average Bonchev–Trinajstić information content (AvgIpc) is 2.51. The molecule has 1 heterocycles. The van der Waals surface area contributed by atoms with E-state index in [9.17, 15) is 0 Å². The summed E-state index contributed by atoms with van der Waals surface area (Å²) in [6.07, 6.45) is 0. The van der Waals surface area contributed by atoms with Crippen molar-refractivity contribution in [2.24, 2.45) is 0 Å². The number of allylic oxidation sites excluding steroid dienone is 1. The zero-order valence-corrected chi connectivity index (χ0v) is 8.91. The van der Waals surface area contributed by atoms with Crippen LogP contribution in [0.25, 0.3) is 17.0 Å². The minimum Gasteiger partial charge on any atom is -0.357 e. The highest BCUT2D eigenvalue weighted by atomic mass is 15.1. The van der Waals surface area contributed by atoms with Crippen LogP contribution in [0.4, 0.5) is 5.95 Å². The Bertz CT molecular complexity index is 477. The molecule has 0 saturated carbocycles. The van der Waals surface area contributed by atoms with Gasteiger partial charge in [0.25, 0.3) is 0 Å². The molecule has 1 aliphatic carbocycles. The number of nitrogens with one attached hydrogen (secondary N) is 1. The number of rotatable bonds is 2. The highest BCUT2D eigenvalue weighted by molar-refractivity contribution is 5.77. The summed E-state index contributed by atoms with van der Waals surface area (Å²) in [6, 6.07) is 7.91. The Morgan fingerprint density at radius 2 is 2.00 bits per heavy atom. The highest BCUT2D eigenvalue weighted by Gasteiger charge is 2.12. The molecule has 3 nitrogen and oxygen atoms in total. The van der Waals surface area contributed by atoms with Crippen LogP contribution < -0.4 is 5.32 Å². The van der Waals surface area contributed by atoms with Crippen LogP contribution in [0.2, 0.25) is 0 Å². The minimum atomic E-state index is 0.652. The molecule has 1 aliphatic heterocycles. The van der Waals surface area contributed by atoms with Crippen LogP contribution in [-0.2, 0) is 0 Å². The van der Waals surface area contributed by atoms with E-state index in [0.29, 0.717) is 5.95 Å². The van der Waals surface area contributed by atoms with E-state index in [0.717, 1.165) is 22.5 Å². The minimum absolute atomic E-state index is 0.652. The summed E-state index contributed by atoms with van der Waals surface area (Å²) < 4.78 is 0. The topological polar surface area (TPSA) is 37.8 Å². The fourth-order valence-corrected chi connectivity index (χ4v) is 1.50. The Morgan fingerprint density at radius 3 is 2.67 bits per heavy atom. The first-order chi connectivity index (χ1) is 7.22. The second kappa shape index (κ2) is 3.69. The van der Waals surface area contributed by atoms with Crippen LogP contribution in [-0.4, -0.2) is 17.0 Å². The lowest BCUT2D eigenvalue weighted by Crippen LogP contribution is -1.88. The summed E-state index contributed by atoms with van der Waals surface area (Å²) in [7, 11) is 1.81. The lowest BCUT2D eigenvalue weighted by molar-refractivity contribution is 1.27. The second-order valence-electron chi connectivity index (χ2n) is 3.44. The monoisotopic (exact) mass is 199 g/mol. The molecule has 0 bridgehead atoms. The van der Waals surface area contributed by atoms with E-state index in [-0.39, 0.29) is 0 Å². The molecule has 0 amide bonds. The first-order valence-corrected chi connectivity index (χ1v) is 4.83. The van der Waals surface area contributed by atoms with Gasteiger partial charge in [0.05, 0.1) is 5.69 Å². The first kappa shape index (κ1) is 9.65. The number of anilines is 1. The van der Waals surface area contributed by atoms with E-state index < -0.39 is 0 Å². The molecule has 0 atom stereocenters. The number of hydrogen-bond donors (Lipinski definition) is 1. The van der Waals surface area contributed by atoms with Gasteiger partial charge >= 0.3 is 0 Å². The molecule has 0 unspecified atom stereocenters. The molecular formula is C12H13N3. The van der Waals surface area contributed by atoms with Gasteiger partial charge in [0.1, 0.15) is 5.69 Å². The number of hydrogen-bond acceptors (Lipinski definition) is 3. The zero-order valence-electron chi connectivity index (χ0n) is 8.91. The van der Waals surface area contributed by atoms with Gasteiger partial charge in [-0.2, -0.15) is 0 Å². The molecule has 15 heavy (non-hydrogen) atoms. The SMILES string of the molecule is C=C(C)c1ccccc2nc(NC)nc1-2. The van der Waals surface area contributed by atoms with E-state index in [1.807, 2.05) is 38.2 Å². The van der Waals surface area contributed by atoms with Gasteiger partial charge < -0.3 is 5.32 Å². The largest absolute Gasteiger partial charge is 0.357 e. The average molecular weight is 199 g/mol. The number of aromatic nitrogens is 2. The molecule has 76 valence electrons. The maximum absolute atomic E-state index is 4.41. The van der Waals surface area contributed by atoms with Crippen molar-refractivity contribution >= 4 is 11.5 Å². The molecule has 0 aromatic rings.